The van der Waals surface area contributed by atoms with Crippen molar-refractivity contribution in [2.75, 3.05) is 65.9 Å². The third-order valence-corrected chi connectivity index (χ3v) is 5.20. The third kappa shape index (κ3) is 5.35. The predicted octanol–water partition coefficient (Wildman–Crippen LogP) is 1.49. The molecule has 1 fully saturated rings. The summed E-state index contributed by atoms with van der Waals surface area (Å²) in [6, 6.07) is 10.3. The lowest BCUT2D eigenvalue weighted by Crippen LogP contribution is -2.53. The van der Waals surface area contributed by atoms with E-state index in [4.69, 9.17) is 4.74 Å². The number of aromatic nitrogens is 2. The molecular weight excluding hydrogens is 366 g/mol. The Hall–Kier alpha value is -2.87. The second-order valence-corrected chi connectivity index (χ2v) is 7.20. The summed E-state index contributed by atoms with van der Waals surface area (Å²) in [6.45, 7) is 4.29. The number of hydrogen-bond donors (Lipinski definition) is 1. The highest BCUT2D eigenvalue weighted by atomic mass is 16.5. The summed E-state index contributed by atoms with van der Waals surface area (Å²) >= 11 is 0. The number of ether oxygens (including phenoxy) is 1. The van der Waals surface area contributed by atoms with Gasteiger partial charge in [-0.25, -0.2) is 9.97 Å². The molecule has 0 radical (unpaired) electrons. The quantitative estimate of drug-likeness (QED) is 0.585. The number of methoxy groups -OCH3 is 1. The summed E-state index contributed by atoms with van der Waals surface area (Å²) in [5.74, 6) is 2.59. The number of aliphatic imine (C=N–C) groups is 1. The first-order valence-corrected chi connectivity index (χ1v) is 9.90. The zero-order valence-corrected chi connectivity index (χ0v) is 17.7. The monoisotopic (exact) mass is 397 g/mol. The van der Waals surface area contributed by atoms with Gasteiger partial charge in [0.1, 0.15) is 5.75 Å². The number of likely N-dealkylation sites (N-methyl/N-ethyl adjacent to an activating group) is 1. The molecule has 1 aliphatic rings. The van der Waals surface area contributed by atoms with Crippen LogP contribution in [0.5, 0.6) is 5.75 Å². The first-order chi connectivity index (χ1) is 14.1. The van der Waals surface area contributed by atoms with E-state index in [1.165, 1.54) is 5.56 Å². The molecule has 29 heavy (non-hydrogen) atoms. The fraction of sp³-hybridized carbons (Fsp3) is 0.476. The van der Waals surface area contributed by atoms with Gasteiger partial charge in [0.25, 0.3) is 0 Å². The fourth-order valence-electron chi connectivity index (χ4n) is 3.52. The second-order valence-electron chi connectivity index (χ2n) is 7.20. The van der Waals surface area contributed by atoms with Crippen molar-refractivity contribution in [3.63, 3.8) is 0 Å². The van der Waals surface area contributed by atoms with E-state index in [-0.39, 0.29) is 6.04 Å². The number of hydrogen-bond acceptors (Lipinski definition) is 6. The summed E-state index contributed by atoms with van der Waals surface area (Å²) in [4.78, 5) is 19.9. The Balaban J connectivity index is 1.57. The van der Waals surface area contributed by atoms with E-state index in [1.807, 2.05) is 25.2 Å². The van der Waals surface area contributed by atoms with Gasteiger partial charge in [-0.2, -0.15) is 0 Å². The molecule has 0 spiro atoms. The molecule has 0 amide bonds. The number of rotatable bonds is 6. The molecule has 1 saturated heterocycles. The lowest BCUT2D eigenvalue weighted by atomic mass is 10.1. The Kier molecular flexibility index (Phi) is 7.24. The number of piperazine rings is 1. The van der Waals surface area contributed by atoms with Crippen molar-refractivity contribution in [2.45, 2.75) is 6.04 Å². The average molecular weight is 398 g/mol. The maximum atomic E-state index is 5.28. The van der Waals surface area contributed by atoms with E-state index in [0.717, 1.165) is 50.4 Å². The summed E-state index contributed by atoms with van der Waals surface area (Å²) < 4.78 is 5.28. The molecule has 8 heteroatoms. The SMILES string of the molecule is CN=C(NCC(c1ccc(OC)cc1)N(C)C)N1CCN(c2ncccn2)CC1. The van der Waals surface area contributed by atoms with Gasteiger partial charge in [0.2, 0.25) is 5.95 Å². The van der Waals surface area contributed by atoms with Crippen molar-refractivity contribution < 1.29 is 4.74 Å². The number of nitrogens with one attached hydrogen (secondary N) is 1. The van der Waals surface area contributed by atoms with Gasteiger partial charge >= 0.3 is 0 Å². The zero-order chi connectivity index (χ0) is 20.6. The molecule has 0 bridgehead atoms. The lowest BCUT2D eigenvalue weighted by Gasteiger charge is -2.37. The minimum atomic E-state index is 0.233. The van der Waals surface area contributed by atoms with Crippen LogP contribution in [0.1, 0.15) is 11.6 Å². The highest BCUT2D eigenvalue weighted by Gasteiger charge is 2.22. The summed E-state index contributed by atoms with van der Waals surface area (Å²) in [5, 5.41) is 3.56. The maximum absolute atomic E-state index is 5.28. The Bertz CT molecular complexity index is 771. The van der Waals surface area contributed by atoms with Crippen LogP contribution in [0, 0.1) is 0 Å². The van der Waals surface area contributed by atoms with E-state index in [2.05, 4.69) is 61.2 Å². The molecule has 1 N–H and O–H groups in total. The highest BCUT2D eigenvalue weighted by Crippen LogP contribution is 2.21. The molecule has 2 heterocycles. The number of benzene rings is 1. The summed E-state index contributed by atoms with van der Waals surface area (Å²) in [5.41, 5.74) is 1.24. The molecule has 0 aliphatic carbocycles. The van der Waals surface area contributed by atoms with E-state index < -0.39 is 0 Å². The molecule has 1 aliphatic heterocycles. The minimum absolute atomic E-state index is 0.233. The van der Waals surface area contributed by atoms with Crippen LogP contribution < -0.4 is 15.0 Å². The van der Waals surface area contributed by atoms with Gasteiger partial charge in [0.15, 0.2) is 5.96 Å². The number of nitrogens with zero attached hydrogens (tertiary/aromatic N) is 6. The Labute approximate surface area is 173 Å². The van der Waals surface area contributed by atoms with Crippen molar-refractivity contribution >= 4 is 11.9 Å². The van der Waals surface area contributed by atoms with Crippen LogP contribution in [0.25, 0.3) is 0 Å². The highest BCUT2D eigenvalue weighted by molar-refractivity contribution is 5.80. The summed E-state index contributed by atoms with van der Waals surface area (Å²) in [7, 11) is 7.72. The smallest absolute Gasteiger partial charge is 0.225 e. The normalized spacial score (nSPS) is 16.1. The van der Waals surface area contributed by atoms with Gasteiger partial charge < -0.3 is 24.8 Å². The molecule has 3 rings (SSSR count). The Morgan fingerprint density at radius 1 is 1.14 bits per heavy atom. The van der Waals surface area contributed by atoms with Gasteiger partial charge in [0, 0.05) is 52.2 Å². The fourth-order valence-corrected chi connectivity index (χ4v) is 3.52. The van der Waals surface area contributed by atoms with Crippen molar-refractivity contribution in [1.29, 1.82) is 0 Å². The van der Waals surface area contributed by atoms with Crippen molar-refractivity contribution in [3.05, 3.63) is 48.3 Å². The molecule has 1 unspecified atom stereocenters. The first-order valence-electron chi connectivity index (χ1n) is 9.90. The third-order valence-electron chi connectivity index (χ3n) is 5.20. The van der Waals surface area contributed by atoms with Crippen LogP contribution in [-0.2, 0) is 0 Å². The molecular formula is C21H31N7O. The van der Waals surface area contributed by atoms with Crippen LogP contribution in [0.15, 0.2) is 47.7 Å². The van der Waals surface area contributed by atoms with Crippen molar-refractivity contribution in [3.8, 4) is 5.75 Å². The van der Waals surface area contributed by atoms with Crippen LogP contribution in [-0.4, -0.2) is 86.7 Å². The van der Waals surface area contributed by atoms with Gasteiger partial charge in [-0.15, -0.1) is 0 Å². The van der Waals surface area contributed by atoms with Gasteiger partial charge in [0.05, 0.1) is 13.2 Å². The van der Waals surface area contributed by atoms with Crippen LogP contribution >= 0.6 is 0 Å². The van der Waals surface area contributed by atoms with E-state index in [9.17, 15) is 0 Å². The maximum Gasteiger partial charge on any atom is 0.225 e. The largest absolute Gasteiger partial charge is 0.497 e. The predicted molar refractivity (Wildman–Crippen MR) is 117 cm³/mol. The van der Waals surface area contributed by atoms with Crippen molar-refractivity contribution in [1.82, 2.24) is 25.1 Å². The Morgan fingerprint density at radius 3 is 2.34 bits per heavy atom. The van der Waals surface area contributed by atoms with E-state index in [0.29, 0.717) is 0 Å². The molecule has 1 atom stereocenters. The van der Waals surface area contributed by atoms with Gasteiger partial charge in [-0.1, -0.05) is 12.1 Å². The van der Waals surface area contributed by atoms with E-state index >= 15 is 0 Å². The molecule has 1 aromatic heterocycles. The Morgan fingerprint density at radius 2 is 1.79 bits per heavy atom. The van der Waals surface area contributed by atoms with Crippen molar-refractivity contribution in [2.24, 2.45) is 4.99 Å². The average Bonchev–Trinajstić information content (AvgIpc) is 2.77. The summed E-state index contributed by atoms with van der Waals surface area (Å²) in [6.07, 6.45) is 3.57. The second kappa shape index (κ2) is 10.1. The standard InChI is InChI=1S/C21H31N7O/c1-22-20(27-12-14-28(15-13-27)21-23-10-5-11-24-21)25-16-19(26(2)3)17-6-8-18(29-4)9-7-17/h5-11,19H,12-16H2,1-4H3,(H,22,25). The van der Waals surface area contributed by atoms with E-state index in [1.54, 1.807) is 19.5 Å². The first kappa shape index (κ1) is 20.9. The number of guanidine groups is 1. The number of anilines is 1. The van der Waals surface area contributed by atoms with Gasteiger partial charge in [-0.05, 0) is 37.9 Å². The lowest BCUT2D eigenvalue weighted by molar-refractivity contribution is 0.292. The van der Waals surface area contributed by atoms with Crippen LogP contribution in [0.2, 0.25) is 0 Å². The molecule has 156 valence electrons. The molecule has 1 aromatic carbocycles. The molecule has 8 nitrogen and oxygen atoms in total. The molecule has 2 aromatic rings. The van der Waals surface area contributed by atoms with Gasteiger partial charge in [-0.3, -0.25) is 4.99 Å². The van der Waals surface area contributed by atoms with Crippen LogP contribution in [0.3, 0.4) is 0 Å². The molecule has 0 saturated carbocycles. The van der Waals surface area contributed by atoms with Crippen LogP contribution in [0.4, 0.5) is 5.95 Å². The topological polar surface area (TPSA) is 69.1 Å². The zero-order valence-electron chi connectivity index (χ0n) is 17.7. The minimum Gasteiger partial charge on any atom is -0.497 e.